The van der Waals surface area contributed by atoms with Crippen molar-refractivity contribution in [2.45, 2.75) is 19.8 Å². The maximum atomic E-state index is 12.8. The number of hydrogen-bond acceptors (Lipinski definition) is 6. The average molecular weight is 346 g/mol. The van der Waals surface area contributed by atoms with Crippen LogP contribution >= 0.6 is 0 Å². The quantitative estimate of drug-likeness (QED) is 0.606. The van der Waals surface area contributed by atoms with Crippen LogP contribution in [-0.4, -0.2) is 56.4 Å². The molecule has 4 rings (SSSR count). The third-order valence-electron chi connectivity index (χ3n) is 5.30. The van der Waals surface area contributed by atoms with E-state index >= 15 is 0 Å². The van der Waals surface area contributed by atoms with E-state index in [0.29, 0.717) is 18.9 Å². The number of likely N-dealkylation sites (tertiary alicyclic amines) is 1. The van der Waals surface area contributed by atoms with Gasteiger partial charge in [0.05, 0.1) is 18.6 Å². The Balaban J connectivity index is 1.36. The highest BCUT2D eigenvalue weighted by molar-refractivity contribution is 6.04. The van der Waals surface area contributed by atoms with Gasteiger partial charge in [-0.15, -0.1) is 0 Å². The molecule has 1 aromatic carbocycles. The van der Waals surface area contributed by atoms with Crippen LogP contribution in [0.4, 0.5) is 5.69 Å². The molecule has 3 aliphatic rings. The minimum Gasteiger partial charge on any atom is -0.465 e. The summed E-state index contributed by atoms with van der Waals surface area (Å²) in [5, 5.41) is 0. The Bertz CT molecular complexity index is 697. The van der Waals surface area contributed by atoms with Crippen molar-refractivity contribution in [2.24, 2.45) is 5.41 Å². The van der Waals surface area contributed by atoms with E-state index < -0.39 is 0 Å². The maximum Gasteiger partial charge on any atom is 0.320 e. The van der Waals surface area contributed by atoms with E-state index in [0.717, 1.165) is 43.9 Å². The van der Waals surface area contributed by atoms with Crippen LogP contribution in [0.2, 0.25) is 0 Å². The Morgan fingerprint density at radius 3 is 2.72 bits per heavy atom. The van der Waals surface area contributed by atoms with Gasteiger partial charge in [-0.05, 0) is 45.0 Å². The van der Waals surface area contributed by atoms with Crippen molar-refractivity contribution < 1.29 is 23.8 Å². The fourth-order valence-corrected chi connectivity index (χ4v) is 3.80. The van der Waals surface area contributed by atoms with E-state index in [-0.39, 0.29) is 24.1 Å². The number of benzene rings is 1. The SMILES string of the molecule is CCOC(=O)CN1CCC2(CC1)CN(c1ccc3c(c1)OCO3)C2=O. The Morgan fingerprint density at radius 2 is 2.00 bits per heavy atom. The van der Waals surface area contributed by atoms with Gasteiger partial charge in [0.15, 0.2) is 11.5 Å². The highest BCUT2D eigenvalue weighted by atomic mass is 16.7. The number of nitrogens with zero attached hydrogens (tertiary/aromatic N) is 2. The predicted molar refractivity (Wildman–Crippen MR) is 89.7 cm³/mol. The standard InChI is InChI=1S/C18H22N2O5/c1-2-23-16(21)10-19-7-5-18(6-8-19)11-20(17(18)22)13-3-4-14-15(9-13)25-12-24-14/h3-4,9H,2,5-8,10-12H2,1H3. The third kappa shape index (κ3) is 2.82. The van der Waals surface area contributed by atoms with Gasteiger partial charge < -0.3 is 19.1 Å². The molecule has 3 heterocycles. The Kier molecular flexibility index (Phi) is 4.03. The first-order valence-corrected chi connectivity index (χ1v) is 8.71. The molecule has 3 aliphatic heterocycles. The molecule has 0 saturated carbocycles. The molecular weight excluding hydrogens is 324 g/mol. The zero-order valence-electron chi connectivity index (χ0n) is 14.3. The van der Waals surface area contributed by atoms with Crippen LogP contribution in [0.25, 0.3) is 0 Å². The molecule has 0 N–H and O–H groups in total. The van der Waals surface area contributed by atoms with Gasteiger partial charge in [-0.2, -0.15) is 0 Å². The summed E-state index contributed by atoms with van der Waals surface area (Å²) in [7, 11) is 0. The molecule has 0 bridgehead atoms. The molecule has 134 valence electrons. The lowest BCUT2D eigenvalue weighted by atomic mass is 9.71. The third-order valence-corrected chi connectivity index (χ3v) is 5.30. The van der Waals surface area contributed by atoms with Crippen LogP contribution in [0.3, 0.4) is 0 Å². The summed E-state index contributed by atoms with van der Waals surface area (Å²) in [6.45, 7) is 4.97. The second-order valence-electron chi connectivity index (χ2n) is 6.79. The van der Waals surface area contributed by atoms with E-state index in [2.05, 4.69) is 4.90 Å². The Labute approximate surface area is 146 Å². The minimum absolute atomic E-state index is 0.169. The number of hydrogen-bond donors (Lipinski definition) is 0. The number of β-lactam (4-membered cyclic amide) rings is 1. The molecule has 0 aromatic heterocycles. The lowest BCUT2D eigenvalue weighted by Crippen LogP contribution is -2.65. The maximum absolute atomic E-state index is 12.8. The van der Waals surface area contributed by atoms with Crippen LogP contribution in [0, 0.1) is 5.41 Å². The lowest BCUT2D eigenvalue weighted by molar-refractivity contribution is -0.146. The molecule has 1 amide bonds. The highest BCUT2D eigenvalue weighted by Crippen LogP contribution is 2.45. The van der Waals surface area contributed by atoms with Gasteiger partial charge in [0, 0.05) is 18.3 Å². The molecule has 2 saturated heterocycles. The van der Waals surface area contributed by atoms with Gasteiger partial charge >= 0.3 is 5.97 Å². The molecule has 0 atom stereocenters. The number of rotatable bonds is 4. The first-order chi connectivity index (χ1) is 12.1. The van der Waals surface area contributed by atoms with Gasteiger partial charge in [0.2, 0.25) is 12.7 Å². The Hall–Kier alpha value is -2.28. The van der Waals surface area contributed by atoms with Crippen molar-refractivity contribution in [1.82, 2.24) is 4.90 Å². The number of esters is 1. The lowest BCUT2D eigenvalue weighted by Gasteiger charge is -2.52. The zero-order valence-corrected chi connectivity index (χ0v) is 14.3. The van der Waals surface area contributed by atoms with Crippen LogP contribution in [0.1, 0.15) is 19.8 Å². The van der Waals surface area contributed by atoms with Crippen LogP contribution in [0.15, 0.2) is 18.2 Å². The molecule has 7 heteroatoms. The zero-order chi connectivity index (χ0) is 17.4. The summed E-state index contributed by atoms with van der Waals surface area (Å²) in [4.78, 5) is 28.3. The molecule has 1 spiro atoms. The van der Waals surface area contributed by atoms with E-state index in [1.165, 1.54) is 0 Å². The summed E-state index contributed by atoms with van der Waals surface area (Å²) in [6.07, 6.45) is 1.57. The number of fused-ring (bicyclic) bond motifs is 1. The van der Waals surface area contributed by atoms with Crippen molar-refractivity contribution in [1.29, 1.82) is 0 Å². The number of amides is 1. The van der Waals surface area contributed by atoms with Crippen molar-refractivity contribution in [3.05, 3.63) is 18.2 Å². The second-order valence-corrected chi connectivity index (χ2v) is 6.79. The van der Waals surface area contributed by atoms with Crippen molar-refractivity contribution in [3.63, 3.8) is 0 Å². The molecular formula is C18H22N2O5. The number of carbonyl (C=O) groups is 2. The van der Waals surface area contributed by atoms with Crippen molar-refractivity contribution >= 4 is 17.6 Å². The predicted octanol–water partition coefficient (Wildman–Crippen LogP) is 1.41. The normalized spacial score (nSPS) is 21.3. The monoisotopic (exact) mass is 346 g/mol. The fourth-order valence-electron chi connectivity index (χ4n) is 3.80. The first kappa shape index (κ1) is 16.2. The fraction of sp³-hybridized carbons (Fsp3) is 0.556. The summed E-state index contributed by atoms with van der Waals surface area (Å²) in [5.74, 6) is 1.39. The second kappa shape index (κ2) is 6.22. The molecule has 7 nitrogen and oxygen atoms in total. The van der Waals surface area contributed by atoms with E-state index in [4.69, 9.17) is 14.2 Å². The molecule has 0 aliphatic carbocycles. The molecule has 0 radical (unpaired) electrons. The minimum atomic E-state index is -0.276. The van der Waals surface area contributed by atoms with Gasteiger partial charge in [-0.3, -0.25) is 14.5 Å². The van der Waals surface area contributed by atoms with Gasteiger partial charge in [-0.25, -0.2) is 0 Å². The largest absolute Gasteiger partial charge is 0.465 e. The van der Waals surface area contributed by atoms with Crippen LogP contribution < -0.4 is 14.4 Å². The van der Waals surface area contributed by atoms with Crippen LogP contribution in [0.5, 0.6) is 11.5 Å². The Morgan fingerprint density at radius 1 is 1.24 bits per heavy atom. The number of piperidine rings is 1. The smallest absolute Gasteiger partial charge is 0.320 e. The van der Waals surface area contributed by atoms with Gasteiger partial charge in [0.1, 0.15) is 0 Å². The summed E-state index contributed by atoms with van der Waals surface area (Å²) in [6, 6.07) is 5.61. The van der Waals surface area contributed by atoms with E-state index in [1.54, 1.807) is 6.92 Å². The summed E-state index contributed by atoms with van der Waals surface area (Å²) < 4.78 is 15.7. The topological polar surface area (TPSA) is 68.3 Å². The summed E-state index contributed by atoms with van der Waals surface area (Å²) >= 11 is 0. The van der Waals surface area contributed by atoms with E-state index in [9.17, 15) is 9.59 Å². The molecule has 25 heavy (non-hydrogen) atoms. The number of carbonyl (C=O) groups excluding carboxylic acids is 2. The molecule has 0 unspecified atom stereocenters. The highest BCUT2D eigenvalue weighted by Gasteiger charge is 2.53. The van der Waals surface area contributed by atoms with Crippen LogP contribution in [-0.2, 0) is 14.3 Å². The number of anilines is 1. The first-order valence-electron chi connectivity index (χ1n) is 8.71. The van der Waals surface area contributed by atoms with E-state index in [1.807, 2.05) is 23.1 Å². The molecule has 1 aromatic rings. The van der Waals surface area contributed by atoms with Gasteiger partial charge in [0.25, 0.3) is 0 Å². The number of ether oxygens (including phenoxy) is 3. The van der Waals surface area contributed by atoms with Gasteiger partial charge in [-0.1, -0.05) is 0 Å². The summed E-state index contributed by atoms with van der Waals surface area (Å²) in [5.41, 5.74) is 0.579. The molecule has 2 fully saturated rings. The average Bonchev–Trinajstić information content (AvgIpc) is 3.08. The van der Waals surface area contributed by atoms with Crippen molar-refractivity contribution in [3.8, 4) is 11.5 Å². The van der Waals surface area contributed by atoms with Crippen molar-refractivity contribution in [2.75, 3.05) is 44.5 Å².